The molecule has 0 saturated carbocycles. The van der Waals surface area contributed by atoms with Crippen LogP contribution in [0.25, 0.3) is 0 Å². The topological polar surface area (TPSA) is 52.6 Å². The maximum absolute atomic E-state index is 10.9. The van der Waals surface area contributed by atoms with Crippen molar-refractivity contribution in [2.75, 3.05) is 13.2 Å². The zero-order valence-corrected chi connectivity index (χ0v) is 8.78. The van der Waals surface area contributed by atoms with Crippen LogP contribution in [0, 0.1) is 5.92 Å². The average molecular weight is 200 g/mol. The Hall–Kier alpha value is -1.32. The summed E-state index contributed by atoms with van der Waals surface area (Å²) in [5, 5.41) is 0. The number of rotatable bonds is 5. The summed E-state index contributed by atoms with van der Waals surface area (Å²) in [4.78, 5) is 21.7. The van der Waals surface area contributed by atoms with Crippen molar-refractivity contribution < 1.29 is 19.1 Å². The second kappa shape index (κ2) is 7.12. The van der Waals surface area contributed by atoms with Gasteiger partial charge in [-0.2, -0.15) is 0 Å². The number of esters is 2. The van der Waals surface area contributed by atoms with Crippen LogP contribution in [0.2, 0.25) is 0 Å². The summed E-state index contributed by atoms with van der Waals surface area (Å²) >= 11 is 0. The molecule has 0 unspecified atom stereocenters. The van der Waals surface area contributed by atoms with Gasteiger partial charge in [-0.3, -0.25) is 0 Å². The van der Waals surface area contributed by atoms with Gasteiger partial charge < -0.3 is 9.47 Å². The summed E-state index contributed by atoms with van der Waals surface area (Å²) in [5.41, 5.74) is 0. The van der Waals surface area contributed by atoms with E-state index in [-0.39, 0.29) is 5.92 Å². The molecule has 0 atom stereocenters. The van der Waals surface area contributed by atoms with E-state index in [0.717, 1.165) is 12.2 Å². The smallest absolute Gasteiger partial charge is 0.331 e. The van der Waals surface area contributed by atoms with Gasteiger partial charge in [0, 0.05) is 12.2 Å². The highest BCUT2D eigenvalue weighted by atomic mass is 16.5. The van der Waals surface area contributed by atoms with E-state index < -0.39 is 11.9 Å². The van der Waals surface area contributed by atoms with Crippen LogP contribution in [-0.4, -0.2) is 25.2 Å². The zero-order valence-electron chi connectivity index (χ0n) is 8.78. The first-order valence-electron chi connectivity index (χ1n) is 4.57. The Balaban J connectivity index is 3.76. The predicted octanol–water partition coefficient (Wildman–Crippen LogP) is 1.30. The third-order valence-electron chi connectivity index (χ3n) is 1.20. The molecule has 0 bridgehead atoms. The fourth-order valence-electron chi connectivity index (χ4n) is 0.623. The molecule has 0 fully saturated rings. The van der Waals surface area contributed by atoms with E-state index in [4.69, 9.17) is 4.74 Å². The van der Waals surface area contributed by atoms with E-state index in [1.807, 2.05) is 13.8 Å². The summed E-state index contributed by atoms with van der Waals surface area (Å²) in [5.74, 6) is -0.768. The van der Waals surface area contributed by atoms with Crippen LogP contribution in [0.15, 0.2) is 12.2 Å². The van der Waals surface area contributed by atoms with E-state index in [0.29, 0.717) is 13.2 Å². The molecule has 4 nitrogen and oxygen atoms in total. The molecule has 0 spiro atoms. The Morgan fingerprint density at radius 2 is 1.64 bits per heavy atom. The molecular formula is C10H16O4. The van der Waals surface area contributed by atoms with Gasteiger partial charge in [0.1, 0.15) is 0 Å². The minimum Gasteiger partial charge on any atom is -0.463 e. The first-order chi connectivity index (χ1) is 6.56. The van der Waals surface area contributed by atoms with Crippen LogP contribution in [0.1, 0.15) is 20.8 Å². The highest BCUT2D eigenvalue weighted by Gasteiger charge is 2.01. The molecule has 0 heterocycles. The predicted molar refractivity (Wildman–Crippen MR) is 51.6 cm³/mol. The molecule has 0 rings (SSSR count). The van der Waals surface area contributed by atoms with Gasteiger partial charge in [-0.1, -0.05) is 13.8 Å². The lowest BCUT2D eigenvalue weighted by molar-refractivity contribution is -0.140. The quantitative estimate of drug-likeness (QED) is 0.496. The van der Waals surface area contributed by atoms with Gasteiger partial charge in [-0.25, -0.2) is 9.59 Å². The van der Waals surface area contributed by atoms with Gasteiger partial charge in [0.25, 0.3) is 0 Å². The maximum Gasteiger partial charge on any atom is 0.331 e. The van der Waals surface area contributed by atoms with Gasteiger partial charge in [-0.05, 0) is 12.8 Å². The van der Waals surface area contributed by atoms with Crippen LogP contribution in [0.3, 0.4) is 0 Å². The number of carbonyl (C=O) groups excluding carboxylic acids is 2. The van der Waals surface area contributed by atoms with Crippen molar-refractivity contribution in [3.05, 3.63) is 12.2 Å². The Bertz CT molecular complexity index is 218. The van der Waals surface area contributed by atoms with Crippen molar-refractivity contribution in [1.29, 1.82) is 0 Å². The Labute approximate surface area is 83.9 Å². The van der Waals surface area contributed by atoms with Gasteiger partial charge in [0.2, 0.25) is 0 Å². The largest absolute Gasteiger partial charge is 0.463 e. The summed E-state index contributed by atoms with van der Waals surface area (Å²) < 4.78 is 9.38. The SMILES string of the molecule is CCOC(=O)/C=C/C(=O)OCC(C)C. The van der Waals surface area contributed by atoms with E-state index in [2.05, 4.69) is 4.74 Å². The number of hydrogen-bond acceptors (Lipinski definition) is 4. The number of carbonyl (C=O) groups is 2. The third kappa shape index (κ3) is 7.34. The molecule has 0 aliphatic heterocycles. The molecule has 0 aromatic carbocycles. The fraction of sp³-hybridized carbons (Fsp3) is 0.600. The van der Waals surface area contributed by atoms with Crippen LogP contribution in [-0.2, 0) is 19.1 Å². The minimum absolute atomic E-state index is 0.287. The summed E-state index contributed by atoms with van der Waals surface area (Å²) in [6, 6.07) is 0. The monoisotopic (exact) mass is 200 g/mol. The van der Waals surface area contributed by atoms with Crippen molar-refractivity contribution >= 4 is 11.9 Å². The Morgan fingerprint density at radius 3 is 2.07 bits per heavy atom. The fourth-order valence-corrected chi connectivity index (χ4v) is 0.623. The zero-order chi connectivity index (χ0) is 11.0. The number of hydrogen-bond donors (Lipinski definition) is 0. The van der Waals surface area contributed by atoms with E-state index >= 15 is 0 Å². The molecule has 0 aromatic rings. The minimum atomic E-state index is -0.533. The summed E-state index contributed by atoms with van der Waals surface area (Å²) in [6.45, 7) is 6.21. The average Bonchev–Trinajstić information content (AvgIpc) is 2.12. The van der Waals surface area contributed by atoms with Crippen LogP contribution in [0.4, 0.5) is 0 Å². The van der Waals surface area contributed by atoms with E-state index in [1.54, 1.807) is 6.92 Å². The molecule has 0 amide bonds. The van der Waals surface area contributed by atoms with Gasteiger partial charge in [0.05, 0.1) is 13.2 Å². The van der Waals surface area contributed by atoms with Crippen LogP contribution >= 0.6 is 0 Å². The molecule has 0 radical (unpaired) electrons. The molecular weight excluding hydrogens is 184 g/mol. The second-order valence-corrected chi connectivity index (χ2v) is 3.11. The Kier molecular flexibility index (Phi) is 6.45. The molecule has 0 aliphatic rings. The molecule has 0 aromatic heterocycles. The van der Waals surface area contributed by atoms with Crippen molar-refractivity contribution in [3.8, 4) is 0 Å². The standard InChI is InChI=1S/C10H16O4/c1-4-13-9(11)5-6-10(12)14-7-8(2)3/h5-6,8H,4,7H2,1-3H3/b6-5+. The highest BCUT2D eigenvalue weighted by Crippen LogP contribution is 1.93. The van der Waals surface area contributed by atoms with Crippen molar-refractivity contribution in [3.63, 3.8) is 0 Å². The highest BCUT2D eigenvalue weighted by molar-refractivity contribution is 5.91. The van der Waals surface area contributed by atoms with Gasteiger partial charge in [-0.15, -0.1) is 0 Å². The molecule has 14 heavy (non-hydrogen) atoms. The molecule has 4 heteroatoms. The summed E-state index contributed by atoms with van der Waals surface area (Å²) in [6.07, 6.45) is 2.13. The maximum atomic E-state index is 10.9. The molecule has 0 aliphatic carbocycles. The second-order valence-electron chi connectivity index (χ2n) is 3.11. The van der Waals surface area contributed by atoms with E-state index in [9.17, 15) is 9.59 Å². The lowest BCUT2D eigenvalue weighted by Crippen LogP contribution is -2.08. The van der Waals surface area contributed by atoms with E-state index in [1.165, 1.54) is 0 Å². The van der Waals surface area contributed by atoms with Crippen molar-refractivity contribution in [1.82, 2.24) is 0 Å². The van der Waals surface area contributed by atoms with Gasteiger partial charge >= 0.3 is 11.9 Å². The number of ether oxygens (including phenoxy) is 2. The molecule has 0 N–H and O–H groups in total. The Morgan fingerprint density at radius 1 is 1.14 bits per heavy atom. The third-order valence-corrected chi connectivity index (χ3v) is 1.20. The van der Waals surface area contributed by atoms with Crippen LogP contribution < -0.4 is 0 Å². The molecule has 0 saturated heterocycles. The lowest BCUT2D eigenvalue weighted by atomic mass is 10.2. The van der Waals surface area contributed by atoms with Crippen molar-refractivity contribution in [2.45, 2.75) is 20.8 Å². The lowest BCUT2D eigenvalue weighted by Gasteiger charge is -2.03. The van der Waals surface area contributed by atoms with Gasteiger partial charge in [0.15, 0.2) is 0 Å². The first kappa shape index (κ1) is 12.7. The first-order valence-corrected chi connectivity index (χ1v) is 4.57. The summed E-state index contributed by atoms with van der Waals surface area (Å²) in [7, 11) is 0. The van der Waals surface area contributed by atoms with Crippen molar-refractivity contribution in [2.24, 2.45) is 5.92 Å². The molecule has 80 valence electrons. The normalized spacial score (nSPS) is 10.6. The van der Waals surface area contributed by atoms with Crippen LogP contribution in [0.5, 0.6) is 0 Å².